The van der Waals surface area contributed by atoms with Crippen LogP contribution in [-0.2, 0) is 9.53 Å². The first-order chi connectivity index (χ1) is 14.6. The number of nitrogens with one attached hydrogen (secondary N) is 1. The number of nitrogens with zero attached hydrogens (tertiary/aromatic N) is 4. The lowest BCUT2D eigenvalue weighted by molar-refractivity contribution is -0.128. The average Bonchev–Trinajstić information content (AvgIpc) is 3.30. The molecule has 0 amide bonds. The third-order valence-electron chi connectivity index (χ3n) is 4.29. The molecule has 1 unspecified atom stereocenters. The summed E-state index contributed by atoms with van der Waals surface area (Å²) < 4.78 is 6.80. The molecule has 160 valence electrons. The maximum Gasteiger partial charge on any atom is 0.293 e. The van der Waals surface area contributed by atoms with Gasteiger partial charge in [-0.2, -0.15) is 4.98 Å². The zero-order chi connectivity index (χ0) is 21.8. The lowest BCUT2D eigenvalue weighted by Crippen LogP contribution is -2.24. The van der Waals surface area contributed by atoms with E-state index < -0.39 is 0 Å². The molecule has 0 aliphatic heterocycles. The number of hydrogen-bond acceptors (Lipinski definition) is 6. The summed E-state index contributed by atoms with van der Waals surface area (Å²) >= 11 is 0. The van der Waals surface area contributed by atoms with Gasteiger partial charge >= 0.3 is 0 Å². The van der Waals surface area contributed by atoms with E-state index in [0.29, 0.717) is 25.6 Å². The Hall–Kier alpha value is -3.35. The number of carbonyl (C=O) groups is 1. The van der Waals surface area contributed by atoms with E-state index >= 15 is 0 Å². The van der Waals surface area contributed by atoms with Crippen LogP contribution in [-0.4, -0.2) is 41.2 Å². The topological polar surface area (TPSA) is 72.3 Å². The molecule has 7 heteroatoms. The molecule has 2 aromatic heterocycles. The average molecular weight is 410 g/mol. The van der Waals surface area contributed by atoms with Gasteiger partial charge in [0.1, 0.15) is 12.4 Å². The van der Waals surface area contributed by atoms with Gasteiger partial charge in [0.2, 0.25) is 5.95 Å². The number of anilines is 2. The van der Waals surface area contributed by atoms with Crippen molar-refractivity contribution in [2.24, 2.45) is 0 Å². The SMILES string of the molecule is CC(Nc1nccc(N(C)CCOC=O)n1)c1ccc(-n2cccc2)cc1.CCC. The van der Waals surface area contributed by atoms with Crippen LogP contribution in [0.4, 0.5) is 11.8 Å². The molecule has 2 heterocycles. The number of likely N-dealkylation sites (N-methyl/N-ethyl adjacent to an activating group) is 1. The lowest BCUT2D eigenvalue weighted by atomic mass is 10.1. The first-order valence-electron chi connectivity index (χ1n) is 10.2. The summed E-state index contributed by atoms with van der Waals surface area (Å²) in [4.78, 5) is 21.0. The minimum Gasteiger partial charge on any atom is -0.466 e. The van der Waals surface area contributed by atoms with E-state index in [1.54, 1.807) is 6.20 Å². The standard InChI is InChI=1S/C20H23N5O2.C3H8/c1-16(17-5-7-18(8-6-17)25-11-3-4-12-25)22-20-21-10-9-19(23-20)24(2)13-14-27-15-26;1-3-2/h3-12,15-16H,13-14H2,1-2H3,(H,21,22,23);3H2,1-2H3. The van der Waals surface area contributed by atoms with Gasteiger partial charge in [0.15, 0.2) is 0 Å². The highest BCUT2D eigenvalue weighted by Crippen LogP contribution is 2.20. The van der Waals surface area contributed by atoms with Crippen LogP contribution in [0.25, 0.3) is 5.69 Å². The molecule has 3 rings (SSSR count). The van der Waals surface area contributed by atoms with Gasteiger partial charge in [-0.25, -0.2) is 4.98 Å². The Morgan fingerprint density at radius 2 is 1.83 bits per heavy atom. The molecule has 1 N–H and O–H groups in total. The van der Waals surface area contributed by atoms with Crippen LogP contribution in [0.5, 0.6) is 0 Å². The summed E-state index contributed by atoms with van der Waals surface area (Å²) in [6, 6.07) is 14.3. The molecule has 0 radical (unpaired) electrons. The van der Waals surface area contributed by atoms with Crippen LogP contribution in [0, 0.1) is 0 Å². The molecule has 0 aliphatic rings. The third kappa shape index (κ3) is 6.92. The van der Waals surface area contributed by atoms with Crippen LogP contribution in [0.15, 0.2) is 61.1 Å². The van der Waals surface area contributed by atoms with Gasteiger partial charge in [0.25, 0.3) is 6.47 Å². The summed E-state index contributed by atoms with van der Waals surface area (Å²) in [5, 5.41) is 3.33. The van der Waals surface area contributed by atoms with Crippen molar-refractivity contribution in [1.82, 2.24) is 14.5 Å². The zero-order valence-corrected chi connectivity index (χ0v) is 18.2. The van der Waals surface area contributed by atoms with Crippen LogP contribution in [0.2, 0.25) is 0 Å². The molecular weight excluding hydrogens is 378 g/mol. The van der Waals surface area contributed by atoms with Gasteiger partial charge in [-0.15, -0.1) is 0 Å². The molecule has 30 heavy (non-hydrogen) atoms. The fraction of sp³-hybridized carbons (Fsp3) is 0.348. The van der Waals surface area contributed by atoms with Crippen molar-refractivity contribution in [3.63, 3.8) is 0 Å². The number of hydrogen-bond donors (Lipinski definition) is 1. The normalized spacial score (nSPS) is 11.1. The smallest absolute Gasteiger partial charge is 0.293 e. The summed E-state index contributed by atoms with van der Waals surface area (Å²) in [6.45, 7) is 7.65. The van der Waals surface area contributed by atoms with Gasteiger partial charge in [-0.05, 0) is 42.8 Å². The van der Waals surface area contributed by atoms with Crippen molar-refractivity contribution in [1.29, 1.82) is 0 Å². The summed E-state index contributed by atoms with van der Waals surface area (Å²) in [7, 11) is 1.89. The highest BCUT2D eigenvalue weighted by Gasteiger charge is 2.09. The molecule has 0 aliphatic carbocycles. The Morgan fingerprint density at radius 3 is 2.47 bits per heavy atom. The first-order valence-corrected chi connectivity index (χ1v) is 10.2. The van der Waals surface area contributed by atoms with Crippen molar-refractivity contribution in [3.05, 3.63) is 66.6 Å². The van der Waals surface area contributed by atoms with Gasteiger partial charge in [-0.3, -0.25) is 4.79 Å². The van der Waals surface area contributed by atoms with E-state index in [1.165, 1.54) is 6.42 Å². The highest BCUT2D eigenvalue weighted by atomic mass is 16.5. The third-order valence-corrected chi connectivity index (χ3v) is 4.29. The van der Waals surface area contributed by atoms with Gasteiger partial charge < -0.3 is 19.5 Å². The van der Waals surface area contributed by atoms with Gasteiger partial charge in [-0.1, -0.05) is 32.4 Å². The number of ether oxygens (including phenoxy) is 1. The minimum absolute atomic E-state index is 0.0580. The quantitative estimate of drug-likeness (QED) is 0.415. The molecule has 0 spiro atoms. The minimum atomic E-state index is 0.0580. The molecular formula is C23H31N5O2. The van der Waals surface area contributed by atoms with Crippen molar-refractivity contribution in [2.45, 2.75) is 33.2 Å². The second-order valence-electron chi connectivity index (χ2n) is 6.88. The Kier molecular flexibility index (Phi) is 9.37. The van der Waals surface area contributed by atoms with Crippen molar-refractivity contribution >= 4 is 18.2 Å². The molecule has 7 nitrogen and oxygen atoms in total. The Morgan fingerprint density at radius 1 is 1.17 bits per heavy atom. The van der Waals surface area contributed by atoms with E-state index in [-0.39, 0.29) is 6.04 Å². The molecule has 0 fully saturated rings. The number of carbonyl (C=O) groups excluding carboxylic acids is 1. The summed E-state index contributed by atoms with van der Waals surface area (Å²) in [5.74, 6) is 1.31. The van der Waals surface area contributed by atoms with Crippen LogP contribution < -0.4 is 10.2 Å². The van der Waals surface area contributed by atoms with Crippen LogP contribution in [0.3, 0.4) is 0 Å². The lowest BCUT2D eigenvalue weighted by Gasteiger charge is -2.19. The van der Waals surface area contributed by atoms with Gasteiger partial charge in [0.05, 0.1) is 12.6 Å². The molecule has 0 bridgehead atoms. The maximum atomic E-state index is 10.2. The fourth-order valence-corrected chi connectivity index (χ4v) is 2.70. The highest BCUT2D eigenvalue weighted by molar-refractivity contribution is 5.44. The van der Waals surface area contributed by atoms with Crippen molar-refractivity contribution < 1.29 is 9.53 Å². The molecule has 0 saturated heterocycles. The van der Waals surface area contributed by atoms with Crippen molar-refractivity contribution in [3.8, 4) is 5.69 Å². The molecule has 1 atom stereocenters. The van der Waals surface area contributed by atoms with Crippen LogP contribution in [0.1, 0.15) is 38.8 Å². The van der Waals surface area contributed by atoms with E-state index in [1.807, 2.05) is 42.5 Å². The van der Waals surface area contributed by atoms with Gasteiger partial charge in [0, 0.05) is 31.3 Å². The number of benzene rings is 1. The molecule has 3 aromatic rings. The Labute approximate surface area is 178 Å². The number of aromatic nitrogens is 3. The second-order valence-corrected chi connectivity index (χ2v) is 6.88. The first kappa shape index (κ1) is 22.9. The number of rotatable bonds is 9. The van der Waals surface area contributed by atoms with E-state index in [4.69, 9.17) is 4.74 Å². The van der Waals surface area contributed by atoms with Crippen molar-refractivity contribution in [2.75, 3.05) is 30.4 Å². The maximum absolute atomic E-state index is 10.2. The fourth-order valence-electron chi connectivity index (χ4n) is 2.70. The molecule has 1 aromatic carbocycles. The van der Waals surface area contributed by atoms with E-state index in [9.17, 15) is 4.79 Å². The second kappa shape index (κ2) is 12.3. The summed E-state index contributed by atoms with van der Waals surface area (Å²) in [5.41, 5.74) is 2.26. The van der Waals surface area contributed by atoms with E-state index in [0.717, 1.165) is 17.1 Å². The predicted octanol–water partition coefficient (Wildman–Crippen LogP) is 4.47. The van der Waals surface area contributed by atoms with Crippen LogP contribution >= 0.6 is 0 Å². The summed E-state index contributed by atoms with van der Waals surface area (Å²) in [6.07, 6.45) is 7.00. The Bertz CT molecular complexity index is 866. The zero-order valence-electron chi connectivity index (χ0n) is 18.2. The predicted molar refractivity (Wildman–Crippen MR) is 121 cm³/mol. The van der Waals surface area contributed by atoms with E-state index in [2.05, 4.69) is 64.9 Å². The monoisotopic (exact) mass is 409 g/mol. The largest absolute Gasteiger partial charge is 0.466 e. The molecule has 0 saturated carbocycles. The Balaban J connectivity index is 0.00000101.